The second-order valence-corrected chi connectivity index (χ2v) is 12.1. The smallest absolute Gasteiger partial charge is 0.234 e. The number of allylic oxidation sites excluding steroid dienone is 2. The maximum atomic E-state index is 14.1. The Kier molecular flexibility index (Phi) is 9.36. The topological polar surface area (TPSA) is 98.1 Å². The highest BCUT2D eigenvalue weighted by molar-refractivity contribution is 7.09. The Bertz CT molecular complexity index is 1480. The van der Waals surface area contributed by atoms with Gasteiger partial charge in [-0.25, -0.2) is 4.39 Å². The molecule has 2 aliphatic rings. The van der Waals surface area contributed by atoms with Gasteiger partial charge in [0.2, 0.25) is 11.8 Å². The summed E-state index contributed by atoms with van der Waals surface area (Å²) < 4.78 is 14.1. The molecule has 3 aromatic rings. The Balaban J connectivity index is 1.42. The Labute approximate surface area is 249 Å². The number of aliphatic hydroxyl groups excluding tert-OH is 2. The average molecular weight is 590 g/mol. The van der Waals surface area contributed by atoms with E-state index in [1.165, 1.54) is 28.4 Å². The number of hydrogen-bond donors (Lipinski definition) is 3. The SMILES string of the molecule is CCCC1=C([C@H](O)CC/C(=C/c2ccc(O)c(F)c2)c2ccccc2)[C@H](CO)[C@@H]2C(=O)N(Cc3cccs3)C(=O)[C@@H]2C1. The van der Waals surface area contributed by atoms with Crippen LogP contribution < -0.4 is 0 Å². The number of amides is 2. The molecule has 2 amide bonds. The molecular formula is C34H36FNO5S. The van der Waals surface area contributed by atoms with Gasteiger partial charge in [-0.05, 0) is 71.5 Å². The van der Waals surface area contributed by atoms with Crippen molar-refractivity contribution in [3.8, 4) is 5.75 Å². The van der Waals surface area contributed by atoms with Crippen molar-refractivity contribution in [2.75, 3.05) is 6.61 Å². The van der Waals surface area contributed by atoms with Gasteiger partial charge >= 0.3 is 0 Å². The molecule has 1 aliphatic heterocycles. The lowest BCUT2D eigenvalue weighted by atomic mass is 9.67. The summed E-state index contributed by atoms with van der Waals surface area (Å²) in [5.74, 6) is -3.48. The number of phenols is 1. The van der Waals surface area contributed by atoms with Crippen molar-refractivity contribution in [3.05, 3.63) is 99.0 Å². The number of rotatable bonds is 11. The lowest BCUT2D eigenvalue weighted by molar-refractivity contribution is -0.140. The summed E-state index contributed by atoms with van der Waals surface area (Å²) >= 11 is 1.49. The Hall–Kier alpha value is -3.59. The molecule has 1 fully saturated rings. The lowest BCUT2D eigenvalue weighted by Crippen LogP contribution is -2.39. The number of nitrogens with zero attached hydrogens (tertiary/aromatic N) is 1. The van der Waals surface area contributed by atoms with Gasteiger partial charge in [-0.1, -0.05) is 67.5 Å². The van der Waals surface area contributed by atoms with Crippen LogP contribution >= 0.6 is 11.3 Å². The fraction of sp³-hybridized carbons (Fsp3) is 0.353. The highest BCUT2D eigenvalue weighted by atomic mass is 32.1. The molecule has 1 aromatic heterocycles. The van der Waals surface area contributed by atoms with Crippen molar-refractivity contribution in [1.82, 2.24) is 4.90 Å². The van der Waals surface area contributed by atoms with E-state index in [2.05, 4.69) is 0 Å². The van der Waals surface area contributed by atoms with Crippen molar-refractivity contribution in [2.24, 2.45) is 17.8 Å². The third kappa shape index (κ3) is 6.11. The zero-order chi connectivity index (χ0) is 29.8. The Morgan fingerprint density at radius 2 is 1.90 bits per heavy atom. The van der Waals surface area contributed by atoms with E-state index >= 15 is 0 Å². The second kappa shape index (κ2) is 13.2. The molecule has 1 aliphatic carbocycles. The maximum absolute atomic E-state index is 14.1. The van der Waals surface area contributed by atoms with Crippen LogP contribution in [0.25, 0.3) is 11.6 Å². The van der Waals surface area contributed by atoms with E-state index in [0.717, 1.165) is 28.0 Å². The normalized spacial score (nSPS) is 21.7. The molecule has 220 valence electrons. The Morgan fingerprint density at radius 3 is 2.57 bits per heavy atom. The van der Waals surface area contributed by atoms with E-state index < -0.39 is 35.4 Å². The molecule has 6 nitrogen and oxygen atoms in total. The minimum Gasteiger partial charge on any atom is -0.505 e. The van der Waals surface area contributed by atoms with Crippen LogP contribution in [0.3, 0.4) is 0 Å². The van der Waals surface area contributed by atoms with Crippen molar-refractivity contribution in [3.63, 3.8) is 0 Å². The first kappa shape index (κ1) is 29.9. The third-order valence-corrected chi connectivity index (χ3v) is 9.28. The van der Waals surface area contributed by atoms with Gasteiger partial charge in [0, 0.05) is 10.8 Å². The van der Waals surface area contributed by atoms with Crippen LogP contribution in [0.1, 0.15) is 55.0 Å². The van der Waals surface area contributed by atoms with E-state index in [0.29, 0.717) is 36.8 Å². The number of aliphatic hydroxyl groups is 2. The highest BCUT2D eigenvalue weighted by Gasteiger charge is 2.54. The second-order valence-electron chi connectivity index (χ2n) is 11.1. The fourth-order valence-electron chi connectivity index (χ4n) is 6.49. The number of hydrogen-bond acceptors (Lipinski definition) is 6. The first-order valence-corrected chi connectivity index (χ1v) is 15.3. The van der Waals surface area contributed by atoms with E-state index in [-0.39, 0.29) is 25.0 Å². The highest BCUT2D eigenvalue weighted by Crippen LogP contribution is 2.47. The number of fused-ring (bicyclic) bond motifs is 1. The van der Waals surface area contributed by atoms with Crippen LogP contribution in [0.5, 0.6) is 5.75 Å². The summed E-state index contributed by atoms with van der Waals surface area (Å²) in [6, 6.07) is 17.6. The van der Waals surface area contributed by atoms with E-state index in [1.807, 2.05) is 60.8 Å². The van der Waals surface area contributed by atoms with Gasteiger partial charge in [-0.3, -0.25) is 14.5 Å². The number of thiophene rings is 1. The number of benzene rings is 2. The van der Waals surface area contributed by atoms with Crippen molar-refractivity contribution < 1.29 is 29.3 Å². The molecule has 4 atom stereocenters. The van der Waals surface area contributed by atoms with Crippen LogP contribution in [0, 0.1) is 23.6 Å². The van der Waals surface area contributed by atoms with Gasteiger partial charge in [0.1, 0.15) is 0 Å². The molecule has 0 unspecified atom stereocenters. The summed E-state index contributed by atoms with van der Waals surface area (Å²) in [5.41, 5.74) is 4.02. The summed E-state index contributed by atoms with van der Waals surface area (Å²) in [6.07, 6.45) is 3.56. The van der Waals surface area contributed by atoms with Crippen LogP contribution in [0.2, 0.25) is 0 Å². The van der Waals surface area contributed by atoms with Gasteiger partial charge in [-0.15, -0.1) is 11.3 Å². The molecule has 0 radical (unpaired) electrons. The molecule has 3 N–H and O–H groups in total. The Morgan fingerprint density at radius 1 is 1.12 bits per heavy atom. The molecule has 2 heterocycles. The van der Waals surface area contributed by atoms with Crippen LogP contribution in [0.15, 0.2) is 77.2 Å². The zero-order valence-corrected chi connectivity index (χ0v) is 24.4. The number of imide groups is 1. The maximum Gasteiger partial charge on any atom is 0.234 e. The van der Waals surface area contributed by atoms with E-state index in [4.69, 9.17) is 0 Å². The van der Waals surface area contributed by atoms with Gasteiger partial charge in [0.15, 0.2) is 11.6 Å². The number of likely N-dealkylation sites (tertiary alicyclic amines) is 1. The molecule has 2 aromatic carbocycles. The average Bonchev–Trinajstić information content (AvgIpc) is 3.59. The minimum atomic E-state index is -0.928. The minimum absolute atomic E-state index is 0.200. The quantitative estimate of drug-likeness (QED) is 0.141. The molecule has 8 heteroatoms. The van der Waals surface area contributed by atoms with Crippen LogP contribution in [0.4, 0.5) is 4.39 Å². The summed E-state index contributed by atoms with van der Waals surface area (Å²) in [5, 5.41) is 33.8. The molecule has 0 bridgehead atoms. The summed E-state index contributed by atoms with van der Waals surface area (Å²) in [4.78, 5) is 29.3. The largest absolute Gasteiger partial charge is 0.505 e. The number of aromatic hydroxyl groups is 1. The van der Waals surface area contributed by atoms with Crippen molar-refractivity contribution in [2.45, 2.75) is 51.7 Å². The molecule has 0 spiro atoms. The molecule has 42 heavy (non-hydrogen) atoms. The molecule has 0 saturated carbocycles. The van der Waals surface area contributed by atoms with Gasteiger partial charge < -0.3 is 15.3 Å². The predicted molar refractivity (Wildman–Crippen MR) is 162 cm³/mol. The fourth-order valence-corrected chi connectivity index (χ4v) is 7.18. The number of carbonyl (C=O) groups excluding carboxylic acids is 2. The van der Waals surface area contributed by atoms with Crippen molar-refractivity contribution in [1.29, 1.82) is 0 Å². The molecule has 1 saturated heterocycles. The van der Waals surface area contributed by atoms with Crippen LogP contribution in [-0.2, 0) is 16.1 Å². The standard InChI is InChI=1S/C34H36FNO5S/c1-2-7-24-18-26-32(34(41)36(33(26)40)19-25-10-6-15-42-25)27(20-37)31(24)30(39)14-12-23(22-8-4-3-5-9-22)16-21-11-13-29(38)28(35)17-21/h3-6,8-11,13,15-17,26-27,30,32,37-39H,2,7,12,14,18-20H2,1H3/b23-16-/t26-,27+,30-,32-/m1/s1. The van der Waals surface area contributed by atoms with E-state index in [9.17, 15) is 29.3 Å². The summed E-state index contributed by atoms with van der Waals surface area (Å²) in [7, 11) is 0. The van der Waals surface area contributed by atoms with E-state index in [1.54, 1.807) is 6.07 Å². The third-order valence-electron chi connectivity index (χ3n) is 8.42. The zero-order valence-electron chi connectivity index (χ0n) is 23.6. The first-order valence-electron chi connectivity index (χ1n) is 14.4. The number of carbonyl (C=O) groups is 2. The molecular weight excluding hydrogens is 553 g/mol. The predicted octanol–water partition coefficient (Wildman–Crippen LogP) is 6.18. The first-order chi connectivity index (χ1) is 20.3. The van der Waals surface area contributed by atoms with Gasteiger partial charge in [0.25, 0.3) is 0 Å². The van der Waals surface area contributed by atoms with Gasteiger partial charge in [-0.2, -0.15) is 0 Å². The van der Waals surface area contributed by atoms with Crippen LogP contribution in [-0.4, -0.2) is 44.7 Å². The number of halogens is 1. The van der Waals surface area contributed by atoms with Crippen molar-refractivity contribution >= 4 is 34.8 Å². The number of phenolic OH excluding ortho intramolecular Hbond substituents is 1. The van der Waals surface area contributed by atoms with Gasteiger partial charge in [0.05, 0.1) is 31.1 Å². The summed E-state index contributed by atoms with van der Waals surface area (Å²) in [6.45, 7) is 1.93. The lowest BCUT2D eigenvalue weighted by Gasteiger charge is -2.36. The molecule has 5 rings (SSSR count). The monoisotopic (exact) mass is 589 g/mol.